The average Bonchev–Trinajstić information content (AvgIpc) is 2.37. The Labute approximate surface area is 105 Å². The zero-order valence-electron chi connectivity index (χ0n) is 10.1. The third-order valence-electron chi connectivity index (χ3n) is 2.61. The maximum atomic E-state index is 10.5. The summed E-state index contributed by atoms with van der Waals surface area (Å²) in [5.74, 6) is -0.782. The van der Waals surface area contributed by atoms with E-state index in [9.17, 15) is 4.79 Å². The molecule has 2 aromatic rings. The molecule has 0 aliphatic carbocycles. The molecule has 0 bridgehead atoms. The second-order valence-corrected chi connectivity index (χ2v) is 4.14. The van der Waals surface area contributed by atoms with Crippen molar-refractivity contribution in [2.24, 2.45) is 0 Å². The summed E-state index contributed by atoms with van der Waals surface area (Å²) in [6.07, 6.45) is 4.09. The van der Waals surface area contributed by atoms with Crippen LogP contribution >= 0.6 is 0 Å². The summed E-state index contributed by atoms with van der Waals surface area (Å²) >= 11 is 0. The fraction of sp³-hybridized carbons (Fsp3) is 0.214. The predicted octanol–water partition coefficient (Wildman–Crippen LogP) is 2.47. The van der Waals surface area contributed by atoms with Gasteiger partial charge in [-0.15, -0.1) is 0 Å². The van der Waals surface area contributed by atoms with Gasteiger partial charge in [-0.3, -0.25) is 9.78 Å². The Hall–Kier alpha value is -2.23. The summed E-state index contributed by atoms with van der Waals surface area (Å²) in [4.78, 5) is 19.1. The van der Waals surface area contributed by atoms with Crippen molar-refractivity contribution < 1.29 is 9.90 Å². The lowest BCUT2D eigenvalue weighted by atomic mass is 10.0. The van der Waals surface area contributed by atoms with E-state index in [1.165, 1.54) is 0 Å². The molecule has 0 spiro atoms. The topological polar surface area (TPSA) is 63.1 Å². The molecule has 0 atom stereocenters. The van der Waals surface area contributed by atoms with Crippen LogP contribution in [0.5, 0.6) is 0 Å². The molecule has 0 saturated carbocycles. The van der Waals surface area contributed by atoms with Gasteiger partial charge in [0.1, 0.15) is 0 Å². The molecule has 0 aliphatic heterocycles. The number of aromatic nitrogens is 2. The van der Waals surface area contributed by atoms with Crippen LogP contribution in [0.2, 0.25) is 0 Å². The fourth-order valence-electron chi connectivity index (χ4n) is 1.74. The van der Waals surface area contributed by atoms with Crippen LogP contribution in [-0.2, 0) is 11.2 Å². The standard InChI is InChI=1S/C14H14N2O2/c1-10-8-15-9-13(16-10)12-4-2-3-11(7-12)5-6-14(17)18/h2-4,7-9H,5-6H2,1H3,(H,17,18). The van der Waals surface area contributed by atoms with Crippen molar-refractivity contribution >= 4 is 5.97 Å². The number of hydrogen-bond donors (Lipinski definition) is 1. The zero-order chi connectivity index (χ0) is 13.0. The summed E-state index contributed by atoms with van der Waals surface area (Å²) < 4.78 is 0. The van der Waals surface area contributed by atoms with Gasteiger partial charge >= 0.3 is 5.97 Å². The highest BCUT2D eigenvalue weighted by Gasteiger charge is 2.03. The van der Waals surface area contributed by atoms with Gasteiger partial charge in [-0.25, -0.2) is 4.98 Å². The van der Waals surface area contributed by atoms with Crippen molar-refractivity contribution in [3.05, 3.63) is 47.9 Å². The Balaban J connectivity index is 2.24. The molecule has 92 valence electrons. The van der Waals surface area contributed by atoms with Crippen LogP contribution in [0.1, 0.15) is 17.7 Å². The minimum Gasteiger partial charge on any atom is -0.481 e. The molecule has 4 heteroatoms. The van der Waals surface area contributed by atoms with Crippen molar-refractivity contribution in [1.29, 1.82) is 0 Å². The van der Waals surface area contributed by atoms with E-state index in [1.807, 2.05) is 31.2 Å². The van der Waals surface area contributed by atoms with Crippen molar-refractivity contribution in [3.63, 3.8) is 0 Å². The molecule has 0 amide bonds. The number of rotatable bonds is 4. The van der Waals surface area contributed by atoms with E-state index in [2.05, 4.69) is 9.97 Å². The van der Waals surface area contributed by atoms with Gasteiger partial charge in [0.05, 0.1) is 17.6 Å². The van der Waals surface area contributed by atoms with E-state index in [0.717, 1.165) is 22.5 Å². The first-order valence-electron chi connectivity index (χ1n) is 5.75. The van der Waals surface area contributed by atoms with Crippen LogP contribution in [0.4, 0.5) is 0 Å². The normalized spacial score (nSPS) is 10.3. The minimum atomic E-state index is -0.782. The third kappa shape index (κ3) is 3.13. The highest BCUT2D eigenvalue weighted by molar-refractivity contribution is 5.67. The molecule has 0 fully saturated rings. The molecule has 4 nitrogen and oxygen atoms in total. The summed E-state index contributed by atoms with van der Waals surface area (Å²) in [7, 11) is 0. The molecule has 1 heterocycles. The van der Waals surface area contributed by atoms with Crippen LogP contribution in [-0.4, -0.2) is 21.0 Å². The summed E-state index contributed by atoms with van der Waals surface area (Å²) in [5.41, 5.74) is 3.64. The number of aryl methyl sites for hydroxylation is 2. The van der Waals surface area contributed by atoms with Crippen molar-refractivity contribution in [2.75, 3.05) is 0 Å². The van der Waals surface area contributed by atoms with Gasteiger partial charge in [0.25, 0.3) is 0 Å². The van der Waals surface area contributed by atoms with E-state index in [4.69, 9.17) is 5.11 Å². The highest BCUT2D eigenvalue weighted by atomic mass is 16.4. The summed E-state index contributed by atoms with van der Waals surface area (Å²) in [5, 5.41) is 8.68. The van der Waals surface area contributed by atoms with Crippen LogP contribution in [0.25, 0.3) is 11.3 Å². The number of aliphatic carboxylic acids is 1. The van der Waals surface area contributed by atoms with Gasteiger partial charge in [0.2, 0.25) is 0 Å². The van der Waals surface area contributed by atoms with Gasteiger partial charge in [-0.05, 0) is 25.0 Å². The molecule has 0 radical (unpaired) electrons. The fourth-order valence-corrected chi connectivity index (χ4v) is 1.74. The smallest absolute Gasteiger partial charge is 0.303 e. The van der Waals surface area contributed by atoms with Crippen molar-refractivity contribution in [3.8, 4) is 11.3 Å². The monoisotopic (exact) mass is 242 g/mol. The molecular formula is C14H14N2O2. The lowest BCUT2D eigenvalue weighted by molar-refractivity contribution is -0.136. The molecule has 0 unspecified atom stereocenters. The van der Waals surface area contributed by atoms with Gasteiger partial charge < -0.3 is 5.11 Å². The van der Waals surface area contributed by atoms with Crippen LogP contribution < -0.4 is 0 Å². The molecule has 1 N–H and O–H groups in total. The van der Waals surface area contributed by atoms with Crippen LogP contribution in [0.3, 0.4) is 0 Å². The third-order valence-corrected chi connectivity index (χ3v) is 2.61. The van der Waals surface area contributed by atoms with Gasteiger partial charge in [-0.2, -0.15) is 0 Å². The van der Waals surface area contributed by atoms with Crippen LogP contribution in [0, 0.1) is 6.92 Å². The van der Waals surface area contributed by atoms with E-state index in [-0.39, 0.29) is 6.42 Å². The molecule has 18 heavy (non-hydrogen) atoms. The van der Waals surface area contributed by atoms with Gasteiger partial charge in [0.15, 0.2) is 0 Å². The molecule has 0 saturated heterocycles. The SMILES string of the molecule is Cc1cncc(-c2cccc(CCC(=O)O)c2)n1. The van der Waals surface area contributed by atoms with Gasteiger partial charge in [-0.1, -0.05) is 18.2 Å². The number of nitrogens with zero attached hydrogens (tertiary/aromatic N) is 2. The van der Waals surface area contributed by atoms with E-state index in [1.54, 1.807) is 12.4 Å². The molecule has 1 aromatic carbocycles. The Kier molecular flexibility index (Phi) is 3.67. The van der Waals surface area contributed by atoms with E-state index >= 15 is 0 Å². The lowest BCUT2D eigenvalue weighted by Crippen LogP contribution is -1.97. The number of carboxylic acid groups (broad SMARTS) is 1. The maximum Gasteiger partial charge on any atom is 0.303 e. The Morgan fingerprint density at radius 3 is 2.89 bits per heavy atom. The van der Waals surface area contributed by atoms with Crippen molar-refractivity contribution in [1.82, 2.24) is 9.97 Å². The largest absolute Gasteiger partial charge is 0.481 e. The maximum absolute atomic E-state index is 10.5. The van der Waals surface area contributed by atoms with Crippen LogP contribution in [0.15, 0.2) is 36.7 Å². The van der Waals surface area contributed by atoms with E-state index < -0.39 is 5.97 Å². The average molecular weight is 242 g/mol. The van der Waals surface area contributed by atoms with E-state index in [0.29, 0.717) is 6.42 Å². The molecule has 2 rings (SSSR count). The number of carbonyl (C=O) groups is 1. The quantitative estimate of drug-likeness (QED) is 0.894. The number of carboxylic acids is 1. The Morgan fingerprint density at radius 2 is 2.17 bits per heavy atom. The molecule has 1 aromatic heterocycles. The first-order chi connectivity index (χ1) is 8.65. The molecular weight excluding hydrogens is 228 g/mol. The summed E-state index contributed by atoms with van der Waals surface area (Å²) in [6, 6.07) is 7.76. The van der Waals surface area contributed by atoms with Gasteiger partial charge in [0, 0.05) is 18.2 Å². The lowest BCUT2D eigenvalue weighted by Gasteiger charge is -2.04. The second-order valence-electron chi connectivity index (χ2n) is 4.14. The second kappa shape index (κ2) is 5.40. The highest BCUT2D eigenvalue weighted by Crippen LogP contribution is 2.18. The van der Waals surface area contributed by atoms with Crippen molar-refractivity contribution in [2.45, 2.75) is 19.8 Å². The summed E-state index contributed by atoms with van der Waals surface area (Å²) in [6.45, 7) is 1.89. The number of hydrogen-bond acceptors (Lipinski definition) is 3. The Morgan fingerprint density at radius 1 is 1.33 bits per heavy atom. The zero-order valence-corrected chi connectivity index (χ0v) is 10.1. The predicted molar refractivity (Wildman–Crippen MR) is 68.2 cm³/mol. The Bertz CT molecular complexity index is 567. The molecule has 0 aliphatic rings. The first-order valence-corrected chi connectivity index (χ1v) is 5.75. The first kappa shape index (κ1) is 12.2. The minimum absolute atomic E-state index is 0.142. The number of benzene rings is 1.